The number of amides is 1. The molecule has 2 unspecified atom stereocenters. The summed E-state index contributed by atoms with van der Waals surface area (Å²) in [5, 5.41) is 2.88. The summed E-state index contributed by atoms with van der Waals surface area (Å²) in [5.41, 5.74) is -0.154. The highest BCUT2D eigenvalue weighted by atomic mass is 16.5. The molecule has 1 N–H and O–H groups in total. The maximum absolute atomic E-state index is 11.0. The van der Waals surface area contributed by atoms with Crippen LogP contribution in [0.3, 0.4) is 0 Å². The van der Waals surface area contributed by atoms with Crippen LogP contribution in [0.15, 0.2) is 0 Å². The molecule has 0 aromatic carbocycles. The highest BCUT2D eigenvalue weighted by Crippen LogP contribution is 2.30. The van der Waals surface area contributed by atoms with E-state index in [0.29, 0.717) is 12.5 Å². The molecule has 0 aromatic rings. The molecule has 0 radical (unpaired) electrons. The summed E-state index contributed by atoms with van der Waals surface area (Å²) in [6, 6.07) is 0. The van der Waals surface area contributed by atoms with Crippen LogP contribution in [0.5, 0.6) is 0 Å². The van der Waals surface area contributed by atoms with E-state index in [0.717, 1.165) is 13.1 Å². The summed E-state index contributed by atoms with van der Waals surface area (Å²) in [5.74, 6) is 0.557. The number of nitrogens with zero attached hydrogens (tertiary/aromatic N) is 1. The van der Waals surface area contributed by atoms with Crippen LogP contribution in [0.1, 0.15) is 13.3 Å². The Balaban J connectivity index is 1.98. The molecular weight excluding hydrogens is 180 g/mol. The average molecular weight is 198 g/mol. The van der Waals surface area contributed by atoms with Crippen molar-refractivity contribution in [3.63, 3.8) is 0 Å². The monoisotopic (exact) mass is 198 g/mol. The van der Waals surface area contributed by atoms with E-state index in [4.69, 9.17) is 4.74 Å². The maximum atomic E-state index is 11.0. The third-order valence-electron chi connectivity index (χ3n) is 3.42. The Morgan fingerprint density at radius 3 is 2.93 bits per heavy atom. The van der Waals surface area contributed by atoms with Gasteiger partial charge in [-0.15, -0.1) is 0 Å². The summed E-state index contributed by atoms with van der Waals surface area (Å²) in [6.07, 6.45) is 1.17. The standard InChI is InChI=1S/C10H18N2O2/c1-10(7-11-9(13)6-14-10)8-3-4-12(2)5-8/h8H,3-7H2,1-2H3,(H,11,13). The fraction of sp³-hybridized carbons (Fsp3) is 0.900. The molecule has 0 spiro atoms. The van der Waals surface area contributed by atoms with Gasteiger partial charge in [0.05, 0.1) is 5.60 Å². The van der Waals surface area contributed by atoms with E-state index in [2.05, 4.69) is 24.2 Å². The van der Waals surface area contributed by atoms with E-state index >= 15 is 0 Å². The van der Waals surface area contributed by atoms with E-state index < -0.39 is 0 Å². The van der Waals surface area contributed by atoms with Gasteiger partial charge in [0.25, 0.3) is 0 Å². The largest absolute Gasteiger partial charge is 0.363 e. The van der Waals surface area contributed by atoms with Gasteiger partial charge in [0.2, 0.25) is 5.91 Å². The van der Waals surface area contributed by atoms with E-state index in [1.807, 2.05) is 0 Å². The minimum absolute atomic E-state index is 0.00817. The van der Waals surface area contributed by atoms with Crippen molar-refractivity contribution >= 4 is 5.91 Å². The van der Waals surface area contributed by atoms with Gasteiger partial charge in [-0.05, 0) is 26.9 Å². The molecule has 2 saturated heterocycles. The number of nitrogens with one attached hydrogen (secondary N) is 1. The number of ether oxygens (including phenoxy) is 1. The third kappa shape index (κ3) is 1.77. The van der Waals surface area contributed by atoms with Crippen LogP contribution in [0.25, 0.3) is 0 Å². The van der Waals surface area contributed by atoms with E-state index in [1.54, 1.807) is 0 Å². The molecule has 4 nitrogen and oxygen atoms in total. The Kier molecular flexibility index (Phi) is 2.49. The maximum Gasteiger partial charge on any atom is 0.246 e. The number of carbonyl (C=O) groups is 1. The lowest BCUT2D eigenvalue weighted by atomic mass is 9.87. The lowest BCUT2D eigenvalue weighted by Gasteiger charge is -2.38. The molecule has 0 saturated carbocycles. The zero-order chi connectivity index (χ0) is 10.2. The smallest absolute Gasteiger partial charge is 0.246 e. The Labute approximate surface area is 84.6 Å². The molecule has 1 amide bonds. The first kappa shape index (κ1) is 9.93. The van der Waals surface area contributed by atoms with E-state index in [1.165, 1.54) is 6.42 Å². The molecule has 2 heterocycles. The van der Waals surface area contributed by atoms with Crippen LogP contribution in [-0.2, 0) is 9.53 Å². The molecule has 80 valence electrons. The molecule has 2 aliphatic rings. The van der Waals surface area contributed by atoms with Gasteiger partial charge in [-0.2, -0.15) is 0 Å². The summed E-state index contributed by atoms with van der Waals surface area (Å²) >= 11 is 0. The number of rotatable bonds is 1. The number of likely N-dealkylation sites (tertiary alicyclic amines) is 1. The lowest BCUT2D eigenvalue weighted by molar-refractivity contribution is -0.147. The van der Waals surface area contributed by atoms with Crippen LogP contribution in [0.2, 0.25) is 0 Å². The Hall–Kier alpha value is -0.610. The molecule has 2 aliphatic heterocycles. The van der Waals surface area contributed by atoms with Crippen molar-refractivity contribution in [3.05, 3.63) is 0 Å². The van der Waals surface area contributed by atoms with Gasteiger partial charge < -0.3 is 15.0 Å². The van der Waals surface area contributed by atoms with Gasteiger partial charge in [-0.25, -0.2) is 0 Å². The SMILES string of the molecule is CN1CCC(C2(C)CNC(=O)CO2)C1. The molecule has 2 atom stereocenters. The van der Waals surface area contributed by atoms with Crippen molar-refractivity contribution in [1.82, 2.24) is 10.2 Å². The van der Waals surface area contributed by atoms with Gasteiger partial charge in [0.15, 0.2) is 0 Å². The Bertz CT molecular complexity index is 232. The normalized spacial score (nSPS) is 39.9. The van der Waals surface area contributed by atoms with Crippen LogP contribution in [0, 0.1) is 5.92 Å². The summed E-state index contributed by atoms with van der Waals surface area (Å²) in [6.45, 7) is 5.20. The predicted molar refractivity (Wildman–Crippen MR) is 53.0 cm³/mol. The third-order valence-corrected chi connectivity index (χ3v) is 3.42. The average Bonchev–Trinajstić information content (AvgIpc) is 2.58. The first-order valence-corrected chi connectivity index (χ1v) is 5.19. The minimum Gasteiger partial charge on any atom is -0.363 e. The van der Waals surface area contributed by atoms with Gasteiger partial charge in [-0.3, -0.25) is 4.79 Å². The summed E-state index contributed by atoms with van der Waals surface area (Å²) < 4.78 is 5.67. The van der Waals surface area contributed by atoms with E-state index in [-0.39, 0.29) is 18.1 Å². The van der Waals surface area contributed by atoms with Crippen LogP contribution in [-0.4, -0.2) is 49.7 Å². The second-order valence-electron chi connectivity index (χ2n) is 4.63. The number of hydrogen-bond donors (Lipinski definition) is 1. The predicted octanol–water partition coefficient (Wildman–Crippen LogP) is -0.157. The number of hydrogen-bond acceptors (Lipinski definition) is 3. The first-order valence-electron chi connectivity index (χ1n) is 5.19. The molecule has 14 heavy (non-hydrogen) atoms. The lowest BCUT2D eigenvalue weighted by Crippen LogP contribution is -2.55. The van der Waals surface area contributed by atoms with Crippen molar-refractivity contribution < 1.29 is 9.53 Å². The van der Waals surface area contributed by atoms with Gasteiger partial charge in [0.1, 0.15) is 6.61 Å². The van der Waals surface area contributed by atoms with Crippen molar-refractivity contribution in [2.24, 2.45) is 5.92 Å². The van der Waals surface area contributed by atoms with Crippen molar-refractivity contribution in [2.45, 2.75) is 18.9 Å². The minimum atomic E-state index is -0.154. The quantitative estimate of drug-likeness (QED) is 0.637. The van der Waals surface area contributed by atoms with Crippen molar-refractivity contribution in [3.8, 4) is 0 Å². The molecule has 0 bridgehead atoms. The van der Waals surface area contributed by atoms with Crippen molar-refractivity contribution in [2.75, 3.05) is 33.3 Å². The van der Waals surface area contributed by atoms with Gasteiger partial charge in [-0.1, -0.05) is 0 Å². The summed E-state index contributed by atoms with van der Waals surface area (Å²) in [7, 11) is 2.13. The van der Waals surface area contributed by atoms with Gasteiger partial charge >= 0.3 is 0 Å². The van der Waals surface area contributed by atoms with E-state index in [9.17, 15) is 4.79 Å². The summed E-state index contributed by atoms with van der Waals surface area (Å²) in [4.78, 5) is 13.3. The van der Waals surface area contributed by atoms with Crippen LogP contribution < -0.4 is 5.32 Å². The zero-order valence-electron chi connectivity index (χ0n) is 8.88. The van der Waals surface area contributed by atoms with Gasteiger partial charge in [0, 0.05) is 19.0 Å². The highest BCUT2D eigenvalue weighted by molar-refractivity contribution is 5.78. The molecule has 4 heteroatoms. The molecule has 2 fully saturated rings. The van der Waals surface area contributed by atoms with Crippen LogP contribution >= 0.6 is 0 Å². The fourth-order valence-electron chi connectivity index (χ4n) is 2.30. The first-order chi connectivity index (χ1) is 6.60. The molecule has 2 rings (SSSR count). The fourth-order valence-corrected chi connectivity index (χ4v) is 2.30. The second-order valence-corrected chi connectivity index (χ2v) is 4.63. The number of carbonyl (C=O) groups excluding carboxylic acids is 1. The Morgan fingerprint density at radius 1 is 1.64 bits per heavy atom. The molecular formula is C10H18N2O2. The van der Waals surface area contributed by atoms with Crippen molar-refractivity contribution in [1.29, 1.82) is 0 Å². The second kappa shape index (κ2) is 3.51. The zero-order valence-corrected chi connectivity index (χ0v) is 8.88. The Morgan fingerprint density at radius 2 is 2.43 bits per heavy atom. The highest BCUT2D eigenvalue weighted by Gasteiger charge is 2.41. The molecule has 0 aromatic heterocycles. The van der Waals surface area contributed by atoms with Crippen LogP contribution in [0.4, 0.5) is 0 Å². The number of morpholine rings is 1. The molecule has 0 aliphatic carbocycles. The topological polar surface area (TPSA) is 41.6 Å².